The molecule has 0 saturated carbocycles. The van der Waals surface area contributed by atoms with Crippen LogP contribution in [-0.2, 0) is 6.61 Å². The van der Waals surface area contributed by atoms with Crippen LogP contribution in [0.2, 0.25) is 0 Å². The molecule has 0 unspecified atom stereocenters. The van der Waals surface area contributed by atoms with Crippen LogP contribution in [0, 0.1) is 39.0 Å². The van der Waals surface area contributed by atoms with Gasteiger partial charge in [0.25, 0.3) is 5.91 Å². The molecule has 8 nitrogen and oxygen atoms in total. The van der Waals surface area contributed by atoms with E-state index in [1.54, 1.807) is 12.1 Å². The van der Waals surface area contributed by atoms with Gasteiger partial charge in [-0.25, -0.2) is 0 Å². The van der Waals surface area contributed by atoms with Crippen molar-refractivity contribution < 1.29 is 23.8 Å². The molecule has 0 aliphatic carbocycles. The number of carbonyl (C=O) groups is 2. The fourth-order valence-corrected chi connectivity index (χ4v) is 4.19. The summed E-state index contributed by atoms with van der Waals surface area (Å²) in [5.41, 5.74) is 11.7. The Bertz CT molecular complexity index is 1550. The average Bonchev–Trinajstić information content (AvgIpc) is 3.41. The molecule has 4 aromatic rings. The van der Waals surface area contributed by atoms with E-state index in [4.69, 9.17) is 14.4 Å². The number of nitrogens with one attached hydrogen (secondary N) is 2. The lowest BCUT2D eigenvalue weighted by Crippen LogP contribution is -2.41. The number of furan rings is 1. The van der Waals surface area contributed by atoms with Gasteiger partial charge in [-0.15, -0.1) is 0 Å². The monoisotopic (exact) mass is 509 g/mol. The first-order valence-corrected chi connectivity index (χ1v) is 11.9. The number of nitrogens with zero attached hydrogens (tertiary/aromatic N) is 1. The first-order chi connectivity index (χ1) is 18.2. The quantitative estimate of drug-likeness (QED) is 0.299. The van der Waals surface area contributed by atoms with Crippen LogP contribution in [0.4, 0.5) is 0 Å². The van der Waals surface area contributed by atoms with E-state index in [0.29, 0.717) is 23.5 Å². The Balaban J connectivity index is 1.52. The van der Waals surface area contributed by atoms with Crippen LogP contribution in [0.3, 0.4) is 0 Å². The number of phenolic OH excluding ortho intramolecular Hbond substituents is 1. The smallest absolute Gasteiger partial charge is 0.306 e. The summed E-state index contributed by atoms with van der Waals surface area (Å²) in [6, 6.07) is 16.8. The van der Waals surface area contributed by atoms with Crippen molar-refractivity contribution in [1.29, 1.82) is 5.26 Å². The minimum atomic E-state index is -0.673. The standard InChI is InChI=1S/C30H27N3O5/c1-17-13-18(2)20(4)25(19(17)3)16-38-27-8-6-5-7-23(27)24-11-12-37-28(24)30(36)33-32-29(35)21-9-10-26(34)22(14-21)15-31/h5-14,34H,16H2,1-4H3,(H,32,35)(H,33,36). The molecular weight excluding hydrogens is 482 g/mol. The van der Waals surface area contributed by atoms with Gasteiger partial charge in [-0.05, 0) is 85.8 Å². The minimum Gasteiger partial charge on any atom is -0.507 e. The molecule has 3 N–H and O–H groups in total. The van der Waals surface area contributed by atoms with Gasteiger partial charge in [0.1, 0.15) is 24.2 Å². The third-order valence-corrected chi connectivity index (χ3v) is 6.61. The largest absolute Gasteiger partial charge is 0.507 e. The maximum absolute atomic E-state index is 12.9. The van der Waals surface area contributed by atoms with E-state index in [2.05, 4.69) is 44.6 Å². The van der Waals surface area contributed by atoms with Crippen molar-refractivity contribution >= 4 is 11.8 Å². The second kappa shape index (κ2) is 10.9. The number of ether oxygens (including phenoxy) is 1. The first-order valence-electron chi connectivity index (χ1n) is 11.9. The van der Waals surface area contributed by atoms with Gasteiger partial charge < -0.3 is 14.3 Å². The summed E-state index contributed by atoms with van der Waals surface area (Å²) in [5.74, 6) is -1.00. The molecule has 0 fully saturated rings. The maximum Gasteiger partial charge on any atom is 0.306 e. The highest BCUT2D eigenvalue weighted by Gasteiger charge is 2.21. The zero-order valence-corrected chi connectivity index (χ0v) is 21.5. The van der Waals surface area contributed by atoms with Crippen molar-refractivity contribution in [1.82, 2.24) is 10.9 Å². The summed E-state index contributed by atoms with van der Waals surface area (Å²) in [5, 5.41) is 18.7. The number of aryl methyl sites for hydroxylation is 2. The second-order valence-corrected chi connectivity index (χ2v) is 8.94. The molecule has 192 valence electrons. The molecular formula is C30H27N3O5. The number of nitriles is 1. The number of rotatable bonds is 6. The van der Waals surface area contributed by atoms with Crippen LogP contribution in [-0.4, -0.2) is 16.9 Å². The van der Waals surface area contributed by atoms with Crippen LogP contribution in [0.15, 0.2) is 65.3 Å². The summed E-state index contributed by atoms with van der Waals surface area (Å²) in [7, 11) is 0. The van der Waals surface area contributed by atoms with Gasteiger partial charge in [0, 0.05) is 16.7 Å². The Morgan fingerprint density at radius 3 is 2.32 bits per heavy atom. The van der Waals surface area contributed by atoms with Crippen LogP contribution < -0.4 is 15.6 Å². The average molecular weight is 510 g/mol. The van der Waals surface area contributed by atoms with Gasteiger partial charge in [0.2, 0.25) is 5.76 Å². The lowest BCUT2D eigenvalue weighted by Gasteiger charge is -2.17. The number of para-hydroxylation sites is 1. The summed E-state index contributed by atoms with van der Waals surface area (Å²) >= 11 is 0. The molecule has 0 saturated heterocycles. The zero-order chi connectivity index (χ0) is 27.4. The van der Waals surface area contributed by atoms with Crippen molar-refractivity contribution in [2.24, 2.45) is 0 Å². The van der Waals surface area contributed by atoms with Gasteiger partial charge in [-0.2, -0.15) is 5.26 Å². The predicted molar refractivity (Wildman–Crippen MR) is 142 cm³/mol. The van der Waals surface area contributed by atoms with E-state index in [0.717, 1.165) is 5.56 Å². The minimum absolute atomic E-state index is 0.0106. The molecule has 1 heterocycles. The Labute approximate surface area is 220 Å². The van der Waals surface area contributed by atoms with Crippen LogP contribution in [0.1, 0.15) is 54.3 Å². The molecule has 0 radical (unpaired) electrons. The van der Waals surface area contributed by atoms with E-state index >= 15 is 0 Å². The fourth-order valence-electron chi connectivity index (χ4n) is 4.19. The molecule has 2 amide bonds. The number of phenols is 1. The summed E-state index contributed by atoms with van der Waals surface area (Å²) in [6.07, 6.45) is 1.39. The number of aromatic hydroxyl groups is 1. The molecule has 0 bridgehead atoms. The SMILES string of the molecule is Cc1cc(C)c(C)c(COc2ccccc2-c2ccoc2C(=O)NNC(=O)c2ccc(O)c(C#N)c2)c1C. The Morgan fingerprint density at radius 1 is 0.921 bits per heavy atom. The molecule has 0 aliphatic heterocycles. The second-order valence-electron chi connectivity index (χ2n) is 8.94. The molecule has 0 spiro atoms. The number of benzene rings is 3. The first kappa shape index (κ1) is 26.0. The Kier molecular flexibility index (Phi) is 7.49. The molecule has 38 heavy (non-hydrogen) atoms. The van der Waals surface area contributed by atoms with Crippen molar-refractivity contribution in [3.63, 3.8) is 0 Å². The topological polar surface area (TPSA) is 125 Å². The van der Waals surface area contributed by atoms with E-state index < -0.39 is 11.8 Å². The van der Waals surface area contributed by atoms with Crippen LogP contribution in [0.25, 0.3) is 11.1 Å². The maximum atomic E-state index is 12.9. The number of carbonyl (C=O) groups excluding carboxylic acids is 2. The van der Waals surface area contributed by atoms with Gasteiger partial charge >= 0.3 is 5.91 Å². The Morgan fingerprint density at radius 2 is 1.61 bits per heavy atom. The third-order valence-electron chi connectivity index (χ3n) is 6.61. The zero-order valence-electron chi connectivity index (χ0n) is 21.5. The van der Waals surface area contributed by atoms with Gasteiger partial charge in [-0.3, -0.25) is 20.4 Å². The van der Waals surface area contributed by atoms with Gasteiger partial charge in [0.15, 0.2) is 0 Å². The van der Waals surface area contributed by atoms with Crippen molar-refractivity contribution in [3.8, 4) is 28.7 Å². The van der Waals surface area contributed by atoms with Crippen LogP contribution in [0.5, 0.6) is 11.5 Å². The summed E-state index contributed by atoms with van der Waals surface area (Å²) < 4.78 is 11.7. The van der Waals surface area contributed by atoms with E-state index in [1.807, 2.05) is 24.3 Å². The molecule has 1 aromatic heterocycles. The van der Waals surface area contributed by atoms with Gasteiger partial charge in [-0.1, -0.05) is 24.3 Å². The molecule has 4 rings (SSSR count). The molecule has 3 aromatic carbocycles. The highest BCUT2D eigenvalue weighted by molar-refractivity contribution is 6.01. The summed E-state index contributed by atoms with van der Waals surface area (Å²) in [6.45, 7) is 8.69. The van der Waals surface area contributed by atoms with Gasteiger partial charge in [0.05, 0.1) is 11.8 Å². The van der Waals surface area contributed by atoms with Crippen molar-refractivity contribution in [2.75, 3.05) is 0 Å². The predicted octanol–water partition coefficient (Wildman–Crippen LogP) is 5.41. The van der Waals surface area contributed by atoms with Crippen molar-refractivity contribution in [3.05, 3.63) is 106 Å². The van der Waals surface area contributed by atoms with Crippen LogP contribution >= 0.6 is 0 Å². The Hall–Kier alpha value is -5.03. The molecule has 8 heteroatoms. The van der Waals surface area contributed by atoms with E-state index in [9.17, 15) is 14.7 Å². The van der Waals surface area contributed by atoms with Crippen molar-refractivity contribution in [2.45, 2.75) is 34.3 Å². The highest BCUT2D eigenvalue weighted by Crippen LogP contribution is 2.34. The number of hydrogen-bond donors (Lipinski definition) is 3. The third kappa shape index (κ3) is 5.22. The number of hydrogen-bond acceptors (Lipinski definition) is 6. The summed E-state index contributed by atoms with van der Waals surface area (Å²) in [4.78, 5) is 25.4. The normalized spacial score (nSPS) is 10.5. The molecule has 0 aliphatic rings. The van der Waals surface area contributed by atoms with E-state index in [1.165, 1.54) is 46.7 Å². The number of hydrazine groups is 1. The molecule has 0 atom stereocenters. The van der Waals surface area contributed by atoms with E-state index in [-0.39, 0.29) is 22.6 Å². The highest BCUT2D eigenvalue weighted by atomic mass is 16.5. The lowest BCUT2D eigenvalue weighted by atomic mass is 9.95. The number of amides is 2. The fraction of sp³-hybridized carbons (Fsp3) is 0.167. The lowest BCUT2D eigenvalue weighted by molar-refractivity contribution is 0.0831.